The first kappa shape index (κ1) is 17.8. The zero-order valence-corrected chi connectivity index (χ0v) is 14.8. The molecular weight excluding hydrogens is 376 g/mol. The molecule has 24 heavy (non-hydrogen) atoms. The lowest BCUT2D eigenvalue weighted by Crippen LogP contribution is -2.17. The maximum absolute atomic E-state index is 12.0. The lowest BCUT2D eigenvalue weighted by Gasteiger charge is -2.06. The highest BCUT2D eigenvalue weighted by molar-refractivity contribution is 9.10. The summed E-state index contributed by atoms with van der Waals surface area (Å²) in [7, 11) is 1.45. The molecule has 1 amide bonds. The normalized spacial score (nSPS) is 10.6. The molecule has 0 fully saturated rings. The highest BCUT2D eigenvalue weighted by atomic mass is 79.9. The summed E-state index contributed by atoms with van der Waals surface area (Å²) in [5.41, 5.74) is 3.57. The summed E-state index contributed by atoms with van der Waals surface area (Å²) in [6.45, 7) is 2.47. The Morgan fingerprint density at radius 2 is 2.04 bits per heavy atom. The Labute approximate surface area is 148 Å². The number of nitrogens with zero attached hydrogens (tertiary/aromatic N) is 1. The molecule has 0 aliphatic carbocycles. The van der Waals surface area contributed by atoms with Gasteiger partial charge in [-0.2, -0.15) is 5.10 Å². The fourth-order valence-corrected chi connectivity index (χ4v) is 2.38. The summed E-state index contributed by atoms with van der Waals surface area (Å²) in [5.74, 6) is 0.689. The number of halogens is 1. The van der Waals surface area contributed by atoms with Crippen molar-refractivity contribution in [3.8, 4) is 17.2 Å². The van der Waals surface area contributed by atoms with Crippen molar-refractivity contribution in [1.82, 2.24) is 5.43 Å². The number of hydrogen-bond donors (Lipinski definition) is 2. The molecule has 0 saturated carbocycles. The highest BCUT2D eigenvalue weighted by Gasteiger charge is 2.08. The van der Waals surface area contributed by atoms with E-state index in [1.165, 1.54) is 13.3 Å². The Balaban J connectivity index is 2.03. The van der Waals surface area contributed by atoms with Gasteiger partial charge in [0.15, 0.2) is 11.5 Å². The zero-order chi connectivity index (χ0) is 17.5. The van der Waals surface area contributed by atoms with Gasteiger partial charge >= 0.3 is 0 Å². The summed E-state index contributed by atoms with van der Waals surface area (Å²) in [5, 5.41) is 13.7. The van der Waals surface area contributed by atoms with Crippen LogP contribution in [0.2, 0.25) is 0 Å². The number of rotatable bonds is 6. The van der Waals surface area contributed by atoms with Crippen LogP contribution in [0.25, 0.3) is 0 Å². The van der Waals surface area contributed by atoms with Crippen LogP contribution in [0.5, 0.6) is 17.2 Å². The van der Waals surface area contributed by atoms with Gasteiger partial charge in [0, 0.05) is 5.56 Å². The lowest BCUT2D eigenvalue weighted by atomic mass is 10.2. The number of carbonyl (C=O) groups excluding carboxylic acids is 1. The topological polar surface area (TPSA) is 80.2 Å². The van der Waals surface area contributed by atoms with Crippen LogP contribution in [0.15, 0.2) is 46.0 Å². The van der Waals surface area contributed by atoms with Crippen LogP contribution in [-0.2, 0) is 0 Å². The van der Waals surface area contributed by atoms with Gasteiger partial charge in [-0.05, 0) is 64.8 Å². The number of aromatic hydroxyl groups is 1. The summed E-state index contributed by atoms with van der Waals surface area (Å²) in [6.07, 6.45) is 1.46. The summed E-state index contributed by atoms with van der Waals surface area (Å²) < 4.78 is 10.9. The van der Waals surface area contributed by atoms with E-state index in [0.29, 0.717) is 33.7 Å². The Morgan fingerprint density at radius 1 is 1.33 bits per heavy atom. The van der Waals surface area contributed by atoms with Crippen LogP contribution in [0.4, 0.5) is 0 Å². The number of hydrazone groups is 1. The predicted octanol–water partition coefficient (Wildman–Crippen LogP) is 3.33. The van der Waals surface area contributed by atoms with Crippen LogP contribution in [0.3, 0.4) is 0 Å². The minimum atomic E-state index is -0.334. The molecule has 0 bridgehead atoms. The predicted molar refractivity (Wildman–Crippen MR) is 95.0 cm³/mol. The van der Waals surface area contributed by atoms with Crippen molar-refractivity contribution < 1.29 is 19.4 Å². The van der Waals surface area contributed by atoms with Gasteiger partial charge in [-0.15, -0.1) is 0 Å². The second-order valence-corrected chi connectivity index (χ2v) is 5.56. The third kappa shape index (κ3) is 4.48. The number of phenolic OH excluding ortho intramolecular Hbond substituents is 1. The number of ether oxygens (including phenoxy) is 2. The first-order chi connectivity index (χ1) is 11.5. The molecule has 0 spiro atoms. The van der Waals surface area contributed by atoms with Crippen molar-refractivity contribution in [2.24, 2.45) is 5.10 Å². The molecule has 0 atom stereocenters. The molecule has 0 aromatic heterocycles. The van der Waals surface area contributed by atoms with Gasteiger partial charge in [-0.25, -0.2) is 5.43 Å². The van der Waals surface area contributed by atoms with Gasteiger partial charge in [0.1, 0.15) is 5.75 Å². The maximum atomic E-state index is 12.0. The lowest BCUT2D eigenvalue weighted by molar-refractivity contribution is 0.0955. The number of phenols is 1. The van der Waals surface area contributed by atoms with Gasteiger partial charge in [0.05, 0.1) is 24.4 Å². The number of amides is 1. The molecule has 0 unspecified atom stereocenters. The number of nitrogens with one attached hydrogen (secondary N) is 1. The second kappa shape index (κ2) is 8.35. The monoisotopic (exact) mass is 392 g/mol. The molecule has 0 aliphatic rings. The number of benzene rings is 2. The van der Waals surface area contributed by atoms with Crippen LogP contribution in [0.1, 0.15) is 22.8 Å². The van der Waals surface area contributed by atoms with Crippen molar-refractivity contribution in [2.45, 2.75) is 6.92 Å². The average molecular weight is 393 g/mol. The van der Waals surface area contributed by atoms with E-state index in [4.69, 9.17) is 9.47 Å². The van der Waals surface area contributed by atoms with Crippen molar-refractivity contribution in [2.75, 3.05) is 13.7 Å². The van der Waals surface area contributed by atoms with Crippen molar-refractivity contribution >= 4 is 28.1 Å². The smallest absolute Gasteiger partial charge is 0.271 e. The molecule has 0 aliphatic heterocycles. The van der Waals surface area contributed by atoms with E-state index in [-0.39, 0.29) is 11.7 Å². The first-order valence-corrected chi connectivity index (χ1v) is 7.97. The highest BCUT2D eigenvalue weighted by Crippen LogP contribution is 2.34. The SMILES string of the molecule is CCOc1ccc(C(=O)N/N=C\c2cc(Br)c(O)c(OC)c2)cc1. The van der Waals surface area contributed by atoms with Crippen molar-refractivity contribution in [1.29, 1.82) is 0 Å². The van der Waals surface area contributed by atoms with Crippen LogP contribution >= 0.6 is 15.9 Å². The van der Waals surface area contributed by atoms with Crippen molar-refractivity contribution in [3.63, 3.8) is 0 Å². The van der Waals surface area contributed by atoms with E-state index in [1.54, 1.807) is 36.4 Å². The Bertz CT molecular complexity index is 745. The van der Waals surface area contributed by atoms with E-state index in [1.807, 2.05) is 6.92 Å². The second-order valence-electron chi connectivity index (χ2n) is 4.71. The van der Waals surface area contributed by atoms with E-state index in [9.17, 15) is 9.90 Å². The van der Waals surface area contributed by atoms with Crippen molar-refractivity contribution in [3.05, 3.63) is 52.0 Å². The van der Waals surface area contributed by atoms with Gasteiger partial charge in [0.2, 0.25) is 0 Å². The molecule has 126 valence electrons. The molecule has 2 rings (SSSR count). The maximum Gasteiger partial charge on any atom is 0.271 e. The van der Waals surface area contributed by atoms with Gasteiger partial charge in [-0.3, -0.25) is 4.79 Å². The standard InChI is InChI=1S/C17H17BrN2O4/c1-3-24-13-6-4-12(5-7-13)17(22)20-19-10-11-8-14(18)16(21)15(9-11)23-2/h4-10,21H,3H2,1-2H3,(H,20,22)/b19-10-. The molecule has 7 heteroatoms. The molecule has 2 aromatic carbocycles. The minimum absolute atomic E-state index is 0.00748. The summed E-state index contributed by atoms with van der Waals surface area (Å²) in [6, 6.07) is 10.0. The van der Waals surface area contributed by atoms with E-state index < -0.39 is 0 Å². The Morgan fingerprint density at radius 3 is 2.67 bits per heavy atom. The van der Waals surface area contributed by atoms with Gasteiger partial charge < -0.3 is 14.6 Å². The fraction of sp³-hybridized carbons (Fsp3) is 0.176. The molecular formula is C17H17BrN2O4. The van der Waals surface area contributed by atoms with Crippen LogP contribution in [-0.4, -0.2) is 30.9 Å². The molecule has 0 heterocycles. The Kier molecular flexibility index (Phi) is 6.20. The molecule has 0 radical (unpaired) electrons. The van der Waals surface area contributed by atoms with E-state index >= 15 is 0 Å². The first-order valence-electron chi connectivity index (χ1n) is 7.18. The fourth-order valence-electron chi connectivity index (χ4n) is 1.92. The average Bonchev–Trinajstić information content (AvgIpc) is 2.58. The molecule has 6 nitrogen and oxygen atoms in total. The Hall–Kier alpha value is -2.54. The zero-order valence-electron chi connectivity index (χ0n) is 13.2. The van der Waals surface area contributed by atoms with E-state index in [2.05, 4.69) is 26.5 Å². The van der Waals surface area contributed by atoms with E-state index in [0.717, 1.165) is 0 Å². The van der Waals surface area contributed by atoms with Gasteiger partial charge in [0.25, 0.3) is 5.91 Å². The molecule has 2 N–H and O–H groups in total. The number of methoxy groups -OCH3 is 1. The largest absolute Gasteiger partial charge is 0.503 e. The summed E-state index contributed by atoms with van der Waals surface area (Å²) in [4.78, 5) is 12.0. The number of carbonyl (C=O) groups is 1. The van der Waals surface area contributed by atoms with Crippen LogP contribution in [0, 0.1) is 0 Å². The van der Waals surface area contributed by atoms with Gasteiger partial charge in [-0.1, -0.05) is 0 Å². The third-order valence-corrected chi connectivity index (χ3v) is 3.68. The minimum Gasteiger partial charge on any atom is -0.503 e. The molecule has 2 aromatic rings. The quantitative estimate of drug-likeness (QED) is 0.583. The van der Waals surface area contributed by atoms with Crippen LogP contribution < -0.4 is 14.9 Å². The number of hydrogen-bond acceptors (Lipinski definition) is 5. The third-order valence-electron chi connectivity index (χ3n) is 3.08. The molecule has 0 saturated heterocycles. The summed E-state index contributed by atoms with van der Waals surface area (Å²) >= 11 is 3.22.